The minimum Gasteiger partial charge on any atom is -0.496 e. The van der Waals surface area contributed by atoms with Crippen LogP contribution in [0.3, 0.4) is 0 Å². The Bertz CT molecular complexity index is 745. The van der Waals surface area contributed by atoms with E-state index in [4.69, 9.17) is 4.74 Å². The third-order valence-corrected chi connectivity index (χ3v) is 4.77. The molecule has 1 aromatic heterocycles. The standard InChI is InChI=1S/C20H30N6O/c1-15-12-19(21-2)25-20(23-15)24-17-6-7-18(27-3)16(13-17)14-22-8-11-26-9-4-5-10-26/h6-7,12-13,22H,4-5,8-11,14H2,1-3H3,(H2,21,23,24,25). The van der Waals surface area contributed by atoms with Crippen LogP contribution in [0.25, 0.3) is 0 Å². The van der Waals surface area contributed by atoms with Gasteiger partial charge in [-0.1, -0.05) is 0 Å². The summed E-state index contributed by atoms with van der Waals surface area (Å²) < 4.78 is 5.52. The number of aryl methyl sites for hydroxylation is 1. The summed E-state index contributed by atoms with van der Waals surface area (Å²) in [4.78, 5) is 11.4. The molecular formula is C20H30N6O. The molecule has 0 bridgehead atoms. The maximum atomic E-state index is 5.52. The monoisotopic (exact) mass is 370 g/mol. The number of hydrogen-bond acceptors (Lipinski definition) is 7. The van der Waals surface area contributed by atoms with Crippen molar-refractivity contribution in [1.82, 2.24) is 20.2 Å². The van der Waals surface area contributed by atoms with E-state index < -0.39 is 0 Å². The van der Waals surface area contributed by atoms with Gasteiger partial charge in [0, 0.05) is 49.7 Å². The highest BCUT2D eigenvalue weighted by Crippen LogP contribution is 2.24. The van der Waals surface area contributed by atoms with E-state index in [0.717, 1.165) is 48.1 Å². The number of benzene rings is 1. The maximum absolute atomic E-state index is 5.52. The van der Waals surface area contributed by atoms with Crippen molar-refractivity contribution in [3.63, 3.8) is 0 Å². The average molecular weight is 371 g/mol. The zero-order chi connectivity index (χ0) is 19.1. The lowest BCUT2D eigenvalue weighted by molar-refractivity contribution is 0.335. The number of hydrogen-bond donors (Lipinski definition) is 3. The fraction of sp³-hybridized carbons (Fsp3) is 0.500. The van der Waals surface area contributed by atoms with Crippen LogP contribution in [0.1, 0.15) is 24.1 Å². The smallest absolute Gasteiger partial charge is 0.229 e. The molecule has 0 radical (unpaired) electrons. The molecule has 7 heteroatoms. The van der Waals surface area contributed by atoms with Crippen molar-refractivity contribution in [3.8, 4) is 5.75 Å². The molecule has 0 atom stereocenters. The topological polar surface area (TPSA) is 74.3 Å². The van der Waals surface area contributed by atoms with Gasteiger partial charge in [0.2, 0.25) is 5.95 Å². The van der Waals surface area contributed by atoms with E-state index in [-0.39, 0.29) is 0 Å². The molecule has 0 aliphatic carbocycles. The van der Waals surface area contributed by atoms with Gasteiger partial charge in [-0.15, -0.1) is 0 Å². The molecular weight excluding hydrogens is 340 g/mol. The van der Waals surface area contributed by atoms with E-state index in [0.29, 0.717) is 5.95 Å². The third-order valence-electron chi connectivity index (χ3n) is 4.77. The molecule has 0 amide bonds. The Hall–Kier alpha value is -2.38. The Morgan fingerprint density at radius 2 is 1.96 bits per heavy atom. The van der Waals surface area contributed by atoms with Crippen LogP contribution < -0.4 is 20.7 Å². The molecule has 1 aliphatic rings. The summed E-state index contributed by atoms with van der Waals surface area (Å²) in [5, 5.41) is 9.88. The van der Waals surface area contributed by atoms with Crippen molar-refractivity contribution in [2.75, 3.05) is 51.0 Å². The first kappa shape index (κ1) is 19.4. The van der Waals surface area contributed by atoms with Crippen LogP contribution in [0.5, 0.6) is 5.75 Å². The van der Waals surface area contributed by atoms with E-state index >= 15 is 0 Å². The minimum absolute atomic E-state index is 0.581. The SMILES string of the molecule is CNc1cc(C)nc(Nc2ccc(OC)c(CNCCN3CCCC3)c2)n1. The van der Waals surface area contributed by atoms with E-state index in [1.165, 1.54) is 25.9 Å². The van der Waals surface area contributed by atoms with Crippen molar-refractivity contribution in [3.05, 3.63) is 35.5 Å². The molecule has 27 heavy (non-hydrogen) atoms. The van der Waals surface area contributed by atoms with Gasteiger partial charge in [0.05, 0.1) is 7.11 Å². The molecule has 1 saturated heterocycles. The van der Waals surface area contributed by atoms with E-state index in [1.807, 2.05) is 32.2 Å². The number of nitrogens with one attached hydrogen (secondary N) is 3. The summed E-state index contributed by atoms with van der Waals surface area (Å²) in [7, 11) is 3.56. The van der Waals surface area contributed by atoms with Crippen LogP contribution in [0.2, 0.25) is 0 Å². The molecule has 1 aliphatic heterocycles. The van der Waals surface area contributed by atoms with Gasteiger partial charge in [0.25, 0.3) is 0 Å². The Labute approximate surface area is 161 Å². The molecule has 1 aromatic carbocycles. The Morgan fingerprint density at radius 1 is 1.15 bits per heavy atom. The molecule has 2 aromatic rings. The highest BCUT2D eigenvalue weighted by Gasteiger charge is 2.11. The van der Waals surface area contributed by atoms with Crippen LogP contribution in [0.4, 0.5) is 17.5 Å². The summed E-state index contributed by atoms with van der Waals surface area (Å²) in [5.74, 6) is 2.26. The Balaban J connectivity index is 1.62. The predicted molar refractivity (Wildman–Crippen MR) is 110 cm³/mol. The van der Waals surface area contributed by atoms with E-state index in [9.17, 15) is 0 Å². The first-order valence-electron chi connectivity index (χ1n) is 9.58. The third kappa shape index (κ3) is 5.55. The number of methoxy groups -OCH3 is 1. The van der Waals surface area contributed by atoms with Crippen LogP contribution in [0.15, 0.2) is 24.3 Å². The molecule has 146 valence electrons. The van der Waals surface area contributed by atoms with Crippen molar-refractivity contribution >= 4 is 17.5 Å². The highest BCUT2D eigenvalue weighted by atomic mass is 16.5. The van der Waals surface area contributed by atoms with Gasteiger partial charge in [-0.05, 0) is 51.1 Å². The second-order valence-electron chi connectivity index (χ2n) is 6.85. The van der Waals surface area contributed by atoms with Gasteiger partial charge in [0.1, 0.15) is 11.6 Å². The molecule has 3 rings (SSSR count). The average Bonchev–Trinajstić information content (AvgIpc) is 3.18. The first-order valence-corrected chi connectivity index (χ1v) is 9.58. The highest BCUT2D eigenvalue weighted by molar-refractivity contribution is 5.58. The fourth-order valence-electron chi connectivity index (χ4n) is 3.34. The number of aromatic nitrogens is 2. The number of likely N-dealkylation sites (tertiary alicyclic amines) is 1. The van der Waals surface area contributed by atoms with Gasteiger partial charge in [-0.25, -0.2) is 4.98 Å². The summed E-state index contributed by atoms with van der Waals surface area (Å²) in [6.07, 6.45) is 2.66. The van der Waals surface area contributed by atoms with Crippen molar-refractivity contribution in [2.24, 2.45) is 0 Å². The summed E-state index contributed by atoms with van der Waals surface area (Å²) in [5.41, 5.74) is 2.97. The Kier molecular flexibility index (Phi) is 6.84. The van der Waals surface area contributed by atoms with Crippen LogP contribution in [-0.2, 0) is 6.54 Å². The minimum atomic E-state index is 0.581. The fourth-order valence-corrected chi connectivity index (χ4v) is 3.34. The number of anilines is 3. The van der Waals surface area contributed by atoms with E-state index in [2.05, 4.69) is 36.9 Å². The van der Waals surface area contributed by atoms with Gasteiger partial charge < -0.3 is 25.6 Å². The second-order valence-corrected chi connectivity index (χ2v) is 6.85. The lowest BCUT2D eigenvalue weighted by Gasteiger charge is -2.16. The predicted octanol–water partition coefficient (Wildman–Crippen LogP) is 2.76. The molecule has 0 spiro atoms. The summed E-state index contributed by atoms with van der Waals surface area (Å²) in [6.45, 7) is 7.27. The van der Waals surface area contributed by atoms with Gasteiger partial charge in [-0.3, -0.25) is 0 Å². The van der Waals surface area contributed by atoms with Gasteiger partial charge in [-0.2, -0.15) is 4.98 Å². The van der Waals surface area contributed by atoms with Gasteiger partial charge >= 0.3 is 0 Å². The number of rotatable bonds is 9. The van der Waals surface area contributed by atoms with Crippen LogP contribution in [0, 0.1) is 6.92 Å². The molecule has 0 unspecified atom stereocenters. The van der Waals surface area contributed by atoms with Crippen molar-refractivity contribution < 1.29 is 4.74 Å². The lowest BCUT2D eigenvalue weighted by Crippen LogP contribution is -2.29. The molecule has 1 fully saturated rings. The van der Waals surface area contributed by atoms with Crippen LogP contribution >= 0.6 is 0 Å². The van der Waals surface area contributed by atoms with Gasteiger partial charge in [0.15, 0.2) is 0 Å². The summed E-state index contributed by atoms with van der Waals surface area (Å²) >= 11 is 0. The largest absolute Gasteiger partial charge is 0.496 e. The quantitative estimate of drug-likeness (QED) is 0.586. The lowest BCUT2D eigenvalue weighted by atomic mass is 10.1. The van der Waals surface area contributed by atoms with Crippen LogP contribution in [-0.4, -0.2) is 55.2 Å². The number of ether oxygens (including phenoxy) is 1. The van der Waals surface area contributed by atoms with Crippen molar-refractivity contribution in [1.29, 1.82) is 0 Å². The van der Waals surface area contributed by atoms with E-state index in [1.54, 1.807) is 7.11 Å². The Morgan fingerprint density at radius 3 is 2.70 bits per heavy atom. The zero-order valence-corrected chi connectivity index (χ0v) is 16.5. The molecule has 3 N–H and O–H groups in total. The molecule has 0 saturated carbocycles. The van der Waals surface area contributed by atoms with Crippen molar-refractivity contribution in [2.45, 2.75) is 26.3 Å². The second kappa shape index (κ2) is 9.53. The normalized spacial score (nSPS) is 14.3. The maximum Gasteiger partial charge on any atom is 0.229 e. The zero-order valence-electron chi connectivity index (χ0n) is 16.5. The molecule has 2 heterocycles. The summed E-state index contributed by atoms with van der Waals surface area (Å²) in [6, 6.07) is 7.97. The molecule has 7 nitrogen and oxygen atoms in total. The first-order chi connectivity index (χ1) is 13.2. The number of nitrogens with zero attached hydrogens (tertiary/aromatic N) is 3.